The van der Waals surface area contributed by atoms with Gasteiger partial charge in [0.1, 0.15) is 16.8 Å². The number of thiocarbonyl (C=S) groups is 1. The highest BCUT2D eigenvalue weighted by Crippen LogP contribution is 2.27. The van der Waals surface area contributed by atoms with Gasteiger partial charge in [-0.3, -0.25) is 0 Å². The lowest BCUT2D eigenvalue weighted by atomic mass is 10.1. The van der Waals surface area contributed by atoms with Crippen LogP contribution in [0.3, 0.4) is 0 Å². The van der Waals surface area contributed by atoms with Gasteiger partial charge in [0.2, 0.25) is 0 Å². The average Bonchev–Trinajstić information content (AvgIpc) is 3.10. The fourth-order valence-electron chi connectivity index (χ4n) is 2.49. The fourth-order valence-corrected chi connectivity index (χ4v) is 2.60. The number of rotatable bonds is 5. The molecule has 2 aromatic carbocycles. The molecule has 1 aromatic heterocycles. The maximum absolute atomic E-state index is 9.28. The molecular formula is C20H16N4OS. The van der Waals surface area contributed by atoms with Crippen molar-refractivity contribution in [3.05, 3.63) is 71.9 Å². The Hall–Kier alpha value is -3.43. The largest absolute Gasteiger partial charge is 0.497 e. The molecule has 0 saturated carbocycles. The number of nitrogens with two attached hydrogens (primary N) is 1. The van der Waals surface area contributed by atoms with Gasteiger partial charge in [-0.15, -0.1) is 0 Å². The topological polar surface area (TPSA) is 76.9 Å². The summed E-state index contributed by atoms with van der Waals surface area (Å²) in [4.78, 5) is 0.0562. The van der Waals surface area contributed by atoms with Gasteiger partial charge in [-0.25, -0.2) is 4.68 Å². The molecule has 6 heteroatoms. The van der Waals surface area contributed by atoms with Crippen molar-refractivity contribution in [1.82, 2.24) is 9.78 Å². The highest BCUT2D eigenvalue weighted by molar-refractivity contribution is 7.80. The molecule has 128 valence electrons. The van der Waals surface area contributed by atoms with Gasteiger partial charge in [0.25, 0.3) is 0 Å². The van der Waals surface area contributed by atoms with Gasteiger partial charge >= 0.3 is 0 Å². The van der Waals surface area contributed by atoms with E-state index >= 15 is 0 Å². The quantitative estimate of drug-likeness (QED) is 0.426. The predicted molar refractivity (Wildman–Crippen MR) is 106 cm³/mol. The maximum Gasteiger partial charge on any atom is 0.118 e. The van der Waals surface area contributed by atoms with Crippen molar-refractivity contribution in [2.24, 2.45) is 5.73 Å². The van der Waals surface area contributed by atoms with Gasteiger partial charge in [0.15, 0.2) is 0 Å². The van der Waals surface area contributed by atoms with Crippen molar-refractivity contribution in [1.29, 1.82) is 5.26 Å². The summed E-state index contributed by atoms with van der Waals surface area (Å²) >= 11 is 4.95. The average molecular weight is 360 g/mol. The van der Waals surface area contributed by atoms with Gasteiger partial charge in [-0.2, -0.15) is 10.4 Å². The number of aromatic nitrogens is 2. The Morgan fingerprint density at radius 3 is 2.46 bits per heavy atom. The third-order valence-corrected chi connectivity index (χ3v) is 4.03. The highest BCUT2D eigenvalue weighted by Gasteiger charge is 2.13. The van der Waals surface area contributed by atoms with Gasteiger partial charge in [0, 0.05) is 17.3 Å². The second-order valence-corrected chi connectivity index (χ2v) is 5.92. The van der Waals surface area contributed by atoms with E-state index in [-0.39, 0.29) is 10.6 Å². The van der Waals surface area contributed by atoms with Gasteiger partial charge in [-0.1, -0.05) is 30.4 Å². The maximum atomic E-state index is 9.28. The van der Waals surface area contributed by atoms with E-state index < -0.39 is 0 Å². The number of nitrogens with zero attached hydrogens (tertiary/aromatic N) is 3. The van der Waals surface area contributed by atoms with Crippen molar-refractivity contribution < 1.29 is 4.74 Å². The summed E-state index contributed by atoms with van der Waals surface area (Å²) in [7, 11) is 1.62. The number of para-hydroxylation sites is 1. The molecule has 3 rings (SSSR count). The van der Waals surface area contributed by atoms with Crippen molar-refractivity contribution >= 4 is 23.3 Å². The van der Waals surface area contributed by atoms with Crippen LogP contribution in [-0.2, 0) is 0 Å². The van der Waals surface area contributed by atoms with E-state index in [9.17, 15) is 5.26 Å². The van der Waals surface area contributed by atoms with E-state index in [2.05, 4.69) is 0 Å². The van der Waals surface area contributed by atoms with Crippen LogP contribution in [0.5, 0.6) is 5.75 Å². The lowest BCUT2D eigenvalue weighted by molar-refractivity contribution is 0.415. The lowest BCUT2D eigenvalue weighted by Crippen LogP contribution is -2.09. The first-order valence-corrected chi connectivity index (χ1v) is 8.24. The summed E-state index contributed by atoms with van der Waals surface area (Å²) in [6, 6.07) is 19.3. The van der Waals surface area contributed by atoms with Crippen LogP contribution in [0.2, 0.25) is 0 Å². The molecule has 1 heterocycles. The minimum absolute atomic E-state index is 0.0562. The standard InChI is InChI=1S/C20H16N4OS/c1-25-18-9-7-14(8-10-18)19-16(11-15(12-21)20(22)26)13-24(23-19)17-5-3-2-4-6-17/h2-11,13H,1H3,(H2,22,26). The first-order valence-electron chi connectivity index (χ1n) is 7.83. The monoisotopic (exact) mass is 360 g/mol. The Balaban J connectivity index is 2.15. The van der Waals surface area contributed by atoms with E-state index in [4.69, 9.17) is 27.8 Å². The van der Waals surface area contributed by atoms with Gasteiger partial charge in [0.05, 0.1) is 24.1 Å². The Kier molecular flexibility index (Phi) is 5.11. The van der Waals surface area contributed by atoms with Crippen LogP contribution < -0.4 is 10.5 Å². The van der Waals surface area contributed by atoms with Crippen LogP contribution in [0.25, 0.3) is 23.0 Å². The SMILES string of the molecule is COc1ccc(-c2nn(-c3ccccc3)cc2C=C(C#N)C(N)=S)cc1. The van der Waals surface area contributed by atoms with Crippen molar-refractivity contribution in [2.75, 3.05) is 7.11 Å². The van der Waals surface area contributed by atoms with E-state index in [1.807, 2.05) is 66.9 Å². The van der Waals surface area contributed by atoms with Crippen LogP contribution >= 0.6 is 12.2 Å². The molecule has 3 aromatic rings. The second-order valence-electron chi connectivity index (χ2n) is 5.48. The van der Waals surface area contributed by atoms with Crippen LogP contribution in [0.15, 0.2) is 66.4 Å². The molecule has 0 aliphatic heterocycles. The van der Waals surface area contributed by atoms with Crippen molar-refractivity contribution in [3.8, 4) is 28.8 Å². The number of methoxy groups -OCH3 is 1. The number of benzene rings is 2. The first kappa shape index (κ1) is 17.4. The van der Waals surface area contributed by atoms with Crippen LogP contribution in [0.4, 0.5) is 0 Å². The Morgan fingerprint density at radius 2 is 1.88 bits per heavy atom. The molecule has 0 bridgehead atoms. The Morgan fingerprint density at radius 1 is 1.19 bits per heavy atom. The number of hydrogen-bond acceptors (Lipinski definition) is 4. The van der Waals surface area contributed by atoms with E-state index in [1.54, 1.807) is 17.9 Å². The third kappa shape index (κ3) is 3.63. The predicted octanol–water partition coefficient (Wildman–Crippen LogP) is 3.74. The third-order valence-electron chi connectivity index (χ3n) is 3.81. The molecule has 0 unspecified atom stereocenters. The molecule has 0 spiro atoms. The van der Waals surface area contributed by atoms with E-state index in [1.165, 1.54) is 0 Å². The van der Waals surface area contributed by atoms with Crippen molar-refractivity contribution in [2.45, 2.75) is 0 Å². The summed E-state index contributed by atoms with van der Waals surface area (Å²) < 4.78 is 6.97. The second kappa shape index (κ2) is 7.64. The molecule has 5 nitrogen and oxygen atoms in total. The minimum Gasteiger partial charge on any atom is -0.497 e. The zero-order valence-corrected chi connectivity index (χ0v) is 14.9. The first-order chi connectivity index (χ1) is 12.6. The summed E-state index contributed by atoms with van der Waals surface area (Å²) in [5.74, 6) is 0.759. The van der Waals surface area contributed by atoms with Crippen molar-refractivity contribution in [3.63, 3.8) is 0 Å². The zero-order chi connectivity index (χ0) is 18.5. The molecule has 0 fully saturated rings. The Bertz CT molecular complexity index is 999. The van der Waals surface area contributed by atoms with E-state index in [0.717, 1.165) is 28.3 Å². The van der Waals surface area contributed by atoms with Gasteiger partial charge < -0.3 is 10.5 Å². The number of ether oxygens (including phenoxy) is 1. The molecule has 26 heavy (non-hydrogen) atoms. The minimum atomic E-state index is 0.0562. The number of nitriles is 1. The summed E-state index contributed by atoms with van der Waals surface area (Å²) in [5, 5.41) is 14.0. The molecule has 2 N–H and O–H groups in total. The van der Waals surface area contributed by atoms with Gasteiger partial charge in [-0.05, 0) is 42.5 Å². The van der Waals surface area contributed by atoms with E-state index in [0.29, 0.717) is 0 Å². The van der Waals surface area contributed by atoms with Crippen LogP contribution in [0, 0.1) is 11.3 Å². The molecule has 0 aliphatic rings. The normalized spacial score (nSPS) is 11.0. The van der Waals surface area contributed by atoms with Crippen LogP contribution in [-0.4, -0.2) is 21.9 Å². The molecule has 0 aliphatic carbocycles. The Labute approximate surface area is 156 Å². The van der Waals surface area contributed by atoms with Crippen LogP contribution in [0.1, 0.15) is 5.56 Å². The molecule has 0 radical (unpaired) electrons. The summed E-state index contributed by atoms with van der Waals surface area (Å²) in [5.41, 5.74) is 9.16. The summed E-state index contributed by atoms with van der Waals surface area (Å²) in [6.45, 7) is 0. The smallest absolute Gasteiger partial charge is 0.118 e. The lowest BCUT2D eigenvalue weighted by Gasteiger charge is -2.03. The number of hydrogen-bond donors (Lipinski definition) is 1. The molecular weight excluding hydrogens is 344 g/mol. The summed E-state index contributed by atoms with van der Waals surface area (Å²) in [6.07, 6.45) is 3.51. The highest BCUT2D eigenvalue weighted by atomic mass is 32.1. The zero-order valence-electron chi connectivity index (χ0n) is 14.1. The molecule has 0 saturated heterocycles. The fraction of sp³-hybridized carbons (Fsp3) is 0.0500. The molecule has 0 atom stereocenters. The molecule has 0 amide bonds.